The van der Waals surface area contributed by atoms with Crippen LogP contribution in [0.5, 0.6) is 0 Å². The van der Waals surface area contributed by atoms with Gasteiger partial charge in [-0.15, -0.1) is 22.7 Å². The number of aromatic nitrogens is 2. The van der Waals surface area contributed by atoms with Crippen LogP contribution in [-0.2, 0) is 17.9 Å². The van der Waals surface area contributed by atoms with Crippen LogP contribution < -0.4 is 5.56 Å². The van der Waals surface area contributed by atoms with E-state index >= 15 is 0 Å². The number of carbonyl (C=O) groups excluding carboxylic acids is 1. The van der Waals surface area contributed by atoms with E-state index in [0.29, 0.717) is 27.6 Å². The highest BCUT2D eigenvalue weighted by atomic mass is 35.5. The molecule has 4 rings (SSSR count). The number of amides is 1. The number of nitrogens with zero attached hydrogens (tertiary/aromatic N) is 3. The number of carbonyl (C=O) groups is 1. The van der Waals surface area contributed by atoms with Crippen LogP contribution in [0.15, 0.2) is 53.6 Å². The summed E-state index contributed by atoms with van der Waals surface area (Å²) < 4.78 is 2.11. The molecule has 3 heterocycles. The predicted molar refractivity (Wildman–Crippen MR) is 124 cm³/mol. The van der Waals surface area contributed by atoms with Crippen molar-refractivity contribution in [1.82, 2.24) is 14.5 Å². The molecular formula is C22H20ClN3O2S2. The third-order valence-corrected chi connectivity index (χ3v) is 7.16. The Balaban J connectivity index is 1.67. The number of thiophene rings is 2. The van der Waals surface area contributed by atoms with Crippen LogP contribution in [0.3, 0.4) is 0 Å². The second-order valence-electron chi connectivity index (χ2n) is 6.87. The van der Waals surface area contributed by atoms with Gasteiger partial charge in [0.2, 0.25) is 5.91 Å². The molecule has 1 aromatic carbocycles. The maximum atomic E-state index is 13.3. The fourth-order valence-corrected chi connectivity index (χ4v) is 5.56. The van der Waals surface area contributed by atoms with Crippen LogP contribution >= 0.6 is 34.3 Å². The fourth-order valence-electron chi connectivity index (χ4n) is 3.45. The minimum atomic E-state index is -0.188. The minimum Gasteiger partial charge on any atom is -0.336 e. The molecule has 0 atom stereocenters. The SMILES string of the molecule is CCN(Cc1ccc(Cl)s1)C(=O)Cn1cnc2sc(C)c(-c3ccccc3)c2c1=O. The number of benzene rings is 1. The average molecular weight is 458 g/mol. The van der Waals surface area contributed by atoms with Crippen LogP contribution in [0.4, 0.5) is 0 Å². The quantitative estimate of drug-likeness (QED) is 0.400. The molecule has 0 radical (unpaired) electrons. The lowest BCUT2D eigenvalue weighted by Gasteiger charge is -2.20. The van der Waals surface area contributed by atoms with Crippen molar-refractivity contribution in [3.63, 3.8) is 0 Å². The summed E-state index contributed by atoms with van der Waals surface area (Å²) in [5, 5.41) is 0.576. The molecule has 1 amide bonds. The van der Waals surface area contributed by atoms with Gasteiger partial charge in [-0.25, -0.2) is 4.98 Å². The largest absolute Gasteiger partial charge is 0.336 e. The molecular weight excluding hydrogens is 438 g/mol. The van der Waals surface area contributed by atoms with Gasteiger partial charge in [0, 0.05) is 21.9 Å². The number of hydrogen-bond donors (Lipinski definition) is 0. The highest BCUT2D eigenvalue weighted by Gasteiger charge is 2.19. The van der Waals surface area contributed by atoms with Gasteiger partial charge in [0.05, 0.1) is 22.6 Å². The number of aryl methyl sites for hydroxylation is 1. The van der Waals surface area contributed by atoms with E-state index < -0.39 is 0 Å². The first-order chi connectivity index (χ1) is 14.5. The van der Waals surface area contributed by atoms with E-state index in [9.17, 15) is 9.59 Å². The van der Waals surface area contributed by atoms with Gasteiger partial charge >= 0.3 is 0 Å². The molecule has 0 aliphatic carbocycles. The molecule has 0 bridgehead atoms. The maximum Gasteiger partial charge on any atom is 0.263 e. The van der Waals surface area contributed by atoms with E-state index in [4.69, 9.17) is 11.6 Å². The summed E-state index contributed by atoms with van der Waals surface area (Å²) in [6.45, 7) is 4.90. The van der Waals surface area contributed by atoms with E-state index in [2.05, 4.69) is 4.98 Å². The summed E-state index contributed by atoms with van der Waals surface area (Å²) >= 11 is 8.96. The zero-order valence-electron chi connectivity index (χ0n) is 16.6. The number of fused-ring (bicyclic) bond motifs is 1. The first-order valence-electron chi connectivity index (χ1n) is 9.54. The summed E-state index contributed by atoms with van der Waals surface area (Å²) in [6.07, 6.45) is 1.48. The van der Waals surface area contributed by atoms with Gasteiger partial charge in [-0.05, 0) is 31.5 Å². The summed E-state index contributed by atoms with van der Waals surface area (Å²) in [4.78, 5) is 35.1. The Morgan fingerprint density at radius 2 is 1.93 bits per heavy atom. The van der Waals surface area contributed by atoms with Crippen LogP contribution in [0.1, 0.15) is 16.7 Å². The van der Waals surface area contributed by atoms with Crippen LogP contribution in [0, 0.1) is 6.92 Å². The molecule has 0 N–H and O–H groups in total. The maximum absolute atomic E-state index is 13.3. The van der Waals surface area contributed by atoms with Gasteiger partial charge in [-0.2, -0.15) is 0 Å². The standard InChI is InChI=1S/C22H20ClN3O2S2/c1-3-25(11-16-9-10-17(23)30-16)18(27)12-26-13-24-21-20(22(26)28)19(14(2)29-21)15-7-5-4-6-8-15/h4-10,13H,3,11-12H2,1-2H3. The zero-order valence-corrected chi connectivity index (χ0v) is 19.0. The highest BCUT2D eigenvalue weighted by Crippen LogP contribution is 2.35. The topological polar surface area (TPSA) is 55.2 Å². The normalized spacial score (nSPS) is 11.2. The molecule has 3 aromatic heterocycles. The van der Waals surface area contributed by atoms with Crippen molar-refractivity contribution in [3.8, 4) is 11.1 Å². The number of rotatable bonds is 6. The predicted octanol–water partition coefficient (Wildman–Crippen LogP) is 5.20. The van der Waals surface area contributed by atoms with E-state index in [1.54, 1.807) is 4.90 Å². The Morgan fingerprint density at radius 1 is 1.17 bits per heavy atom. The Labute approximate surface area is 187 Å². The van der Waals surface area contributed by atoms with Crippen molar-refractivity contribution in [3.05, 3.63) is 73.2 Å². The van der Waals surface area contributed by atoms with Crippen LogP contribution in [0.25, 0.3) is 21.3 Å². The third kappa shape index (κ3) is 4.05. The van der Waals surface area contributed by atoms with Crippen molar-refractivity contribution in [1.29, 1.82) is 0 Å². The summed E-state index contributed by atoms with van der Waals surface area (Å²) in [5.74, 6) is -0.126. The van der Waals surface area contributed by atoms with Crippen molar-refractivity contribution in [2.75, 3.05) is 6.54 Å². The van der Waals surface area contributed by atoms with Crippen LogP contribution in [0.2, 0.25) is 4.34 Å². The van der Waals surface area contributed by atoms with E-state index in [-0.39, 0.29) is 18.0 Å². The van der Waals surface area contributed by atoms with Gasteiger partial charge in [0.1, 0.15) is 11.4 Å². The summed E-state index contributed by atoms with van der Waals surface area (Å²) in [6, 6.07) is 13.6. The first kappa shape index (κ1) is 20.8. The van der Waals surface area contributed by atoms with Crippen molar-refractivity contribution < 1.29 is 4.79 Å². The van der Waals surface area contributed by atoms with Gasteiger partial charge < -0.3 is 4.90 Å². The van der Waals surface area contributed by atoms with Crippen molar-refractivity contribution >= 4 is 50.4 Å². The monoisotopic (exact) mass is 457 g/mol. The molecule has 0 aliphatic rings. The molecule has 0 unspecified atom stereocenters. The van der Waals surface area contributed by atoms with Crippen molar-refractivity contribution in [2.24, 2.45) is 0 Å². The van der Waals surface area contributed by atoms with Gasteiger partial charge in [0.25, 0.3) is 5.56 Å². The molecule has 4 aromatic rings. The lowest BCUT2D eigenvalue weighted by atomic mass is 10.0. The summed E-state index contributed by atoms with van der Waals surface area (Å²) in [7, 11) is 0. The molecule has 0 spiro atoms. The van der Waals surface area contributed by atoms with Crippen LogP contribution in [-0.4, -0.2) is 26.9 Å². The molecule has 5 nitrogen and oxygen atoms in total. The van der Waals surface area contributed by atoms with E-state index in [0.717, 1.165) is 20.9 Å². The Morgan fingerprint density at radius 3 is 2.60 bits per heavy atom. The number of likely N-dealkylation sites (N-methyl/N-ethyl adjacent to an activating group) is 1. The molecule has 0 aliphatic heterocycles. The average Bonchev–Trinajstić information content (AvgIpc) is 3.31. The second kappa shape index (κ2) is 8.71. The zero-order chi connectivity index (χ0) is 21.3. The van der Waals surface area contributed by atoms with Gasteiger partial charge in [-0.1, -0.05) is 41.9 Å². The second-order valence-corrected chi connectivity index (χ2v) is 9.87. The van der Waals surface area contributed by atoms with Gasteiger partial charge in [0.15, 0.2) is 0 Å². The Kier molecular flexibility index (Phi) is 6.04. The molecule has 0 saturated carbocycles. The molecule has 0 saturated heterocycles. The molecule has 8 heteroatoms. The Bertz CT molecular complexity index is 1260. The number of hydrogen-bond acceptors (Lipinski definition) is 5. The summed E-state index contributed by atoms with van der Waals surface area (Å²) in [5.41, 5.74) is 1.69. The lowest BCUT2D eigenvalue weighted by molar-refractivity contribution is -0.132. The number of halogens is 1. The first-order valence-corrected chi connectivity index (χ1v) is 11.5. The Hall–Kier alpha value is -2.48. The smallest absolute Gasteiger partial charge is 0.263 e. The molecule has 0 fully saturated rings. The van der Waals surface area contributed by atoms with E-state index in [1.807, 2.05) is 56.3 Å². The third-order valence-electron chi connectivity index (χ3n) is 4.93. The molecule has 30 heavy (non-hydrogen) atoms. The fraction of sp³-hybridized carbons (Fsp3) is 0.227. The minimum absolute atomic E-state index is 0.0438. The van der Waals surface area contributed by atoms with Gasteiger partial charge in [-0.3, -0.25) is 14.2 Å². The molecule has 154 valence electrons. The lowest BCUT2D eigenvalue weighted by Crippen LogP contribution is -2.36. The van der Waals surface area contributed by atoms with Crippen molar-refractivity contribution in [2.45, 2.75) is 26.9 Å². The highest BCUT2D eigenvalue weighted by molar-refractivity contribution is 7.19. The van der Waals surface area contributed by atoms with E-state index in [1.165, 1.54) is 33.6 Å².